The number of nitrogen functional groups attached to an aromatic ring is 1. The van der Waals surface area contributed by atoms with Crippen molar-refractivity contribution in [1.82, 2.24) is 4.90 Å². The third-order valence-electron chi connectivity index (χ3n) is 4.18. The van der Waals surface area contributed by atoms with Gasteiger partial charge in [-0.3, -0.25) is 9.69 Å². The van der Waals surface area contributed by atoms with Crippen molar-refractivity contribution in [3.8, 4) is 5.75 Å². The highest BCUT2D eigenvalue weighted by Gasteiger charge is 2.29. The smallest absolute Gasteiger partial charge is 0.241 e. The first-order valence-corrected chi connectivity index (χ1v) is 8.01. The van der Waals surface area contributed by atoms with Gasteiger partial charge in [0.15, 0.2) is 0 Å². The Morgan fingerprint density at radius 2 is 1.95 bits per heavy atom. The molecule has 1 aromatic carbocycles. The zero-order valence-electron chi connectivity index (χ0n) is 13.8. The molecule has 0 aliphatic carbocycles. The molecular weight excluding hydrogens is 278 g/mol. The van der Waals surface area contributed by atoms with Gasteiger partial charge in [-0.15, -0.1) is 0 Å². The standard InChI is InChI=1S/C17H27N3O2/c1-12(2)16(20-9-5-4-6-10-20)17(21)19-13-7-8-15(22-3)14(18)11-13/h7-8,11-12,16H,4-6,9-10,18H2,1-3H3,(H,19,21). The number of hydrogen-bond donors (Lipinski definition) is 2. The lowest BCUT2D eigenvalue weighted by Gasteiger charge is -2.35. The summed E-state index contributed by atoms with van der Waals surface area (Å²) < 4.78 is 5.14. The lowest BCUT2D eigenvalue weighted by Crippen LogP contribution is -2.49. The number of nitrogens with zero attached hydrogens (tertiary/aromatic N) is 1. The van der Waals surface area contributed by atoms with Crippen LogP contribution in [0.4, 0.5) is 11.4 Å². The van der Waals surface area contributed by atoms with Gasteiger partial charge in [0.1, 0.15) is 5.75 Å². The van der Waals surface area contributed by atoms with Crippen molar-refractivity contribution in [3.63, 3.8) is 0 Å². The Labute approximate surface area is 132 Å². The van der Waals surface area contributed by atoms with E-state index in [0.29, 0.717) is 17.1 Å². The zero-order chi connectivity index (χ0) is 16.1. The van der Waals surface area contributed by atoms with Crippen LogP contribution in [0.2, 0.25) is 0 Å². The van der Waals surface area contributed by atoms with E-state index in [9.17, 15) is 4.79 Å². The van der Waals surface area contributed by atoms with Crippen LogP contribution in [-0.2, 0) is 4.79 Å². The Morgan fingerprint density at radius 3 is 2.50 bits per heavy atom. The highest BCUT2D eigenvalue weighted by molar-refractivity contribution is 5.95. The molecule has 0 aromatic heterocycles. The SMILES string of the molecule is COc1ccc(NC(=O)C(C(C)C)N2CCCCC2)cc1N. The number of likely N-dealkylation sites (tertiary alicyclic amines) is 1. The number of nitrogens with one attached hydrogen (secondary N) is 1. The molecule has 2 rings (SSSR count). The third kappa shape index (κ3) is 3.91. The van der Waals surface area contributed by atoms with Crippen LogP contribution in [0.3, 0.4) is 0 Å². The number of carbonyl (C=O) groups is 1. The van der Waals surface area contributed by atoms with Crippen molar-refractivity contribution in [2.75, 3.05) is 31.2 Å². The van der Waals surface area contributed by atoms with Crippen molar-refractivity contribution >= 4 is 17.3 Å². The van der Waals surface area contributed by atoms with Crippen molar-refractivity contribution in [2.45, 2.75) is 39.2 Å². The summed E-state index contributed by atoms with van der Waals surface area (Å²) in [5, 5.41) is 3.00. The molecular formula is C17H27N3O2. The van der Waals surface area contributed by atoms with Crippen LogP contribution in [0.25, 0.3) is 0 Å². The number of hydrogen-bond acceptors (Lipinski definition) is 4. The van der Waals surface area contributed by atoms with Crippen LogP contribution in [0.5, 0.6) is 5.75 Å². The van der Waals surface area contributed by atoms with Gasteiger partial charge in [-0.25, -0.2) is 0 Å². The number of anilines is 2. The number of piperidine rings is 1. The number of benzene rings is 1. The number of carbonyl (C=O) groups excluding carboxylic acids is 1. The predicted octanol–water partition coefficient (Wildman–Crippen LogP) is 2.73. The molecule has 5 nitrogen and oxygen atoms in total. The number of nitrogens with two attached hydrogens (primary N) is 1. The van der Waals surface area contributed by atoms with Crippen molar-refractivity contribution in [2.24, 2.45) is 5.92 Å². The van der Waals surface area contributed by atoms with Gasteiger partial charge in [-0.1, -0.05) is 20.3 Å². The van der Waals surface area contributed by atoms with E-state index < -0.39 is 0 Å². The summed E-state index contributed by atoms with van der Waals surface area (Å²) in [6, 6.07) is 5.24. The van der Waals surface area contributed by atoms with Crippen molar-refractivity contribution < 1.29 is 9.53 Å². The topological polar surface area (TPSA) is 67.6 Å². The first kappa shape index (κ1) is 16.6. The second-order valence-electron chi connectivity index (χ2n) is 6.23. The maximum Gasteiger partial charge on any atom is 0.241 e. The van der Waals surface area contributed by atoms with E-state index in [-0.39, 0.29) is 17.9 Å². The monoisotopic (exact) mass is 305 g/mol. The van der Waals surface area contributed by atoms with Crippen molar-refractivity contribution in [3.05, 3.63) is 18.2 Å². The van der Waals surface area contributed by atoms with Gasteiger partial charge in [0.05, 0.1) is 18.8 Å². The molecule has 1 saturated heterocycles. The van der Waals surface area contributed by atoms with Crippen LogP contribution >= 0.6 is 0 Å². The van der Waals surface area contributed by atoms with E-state index in [1.807, 2.05) is 6.07 Å². The molecule has 122 valence electrons. The molecule has 0 radical (unpaired) electrons. The number of amides is 1. The largest absolute Gasteiger partial charge is 0.495 e. The maximum atomic E-state index is 12.7. The summed E-state index contributed by atoms with van der Waals surface area (Å²) in [4.78, 5) is 15.0. The molecule has 3 N–H and O–H groups in total. The van der Waals surface area contributed by atoms with Gasteiger partial charge in [0, 0.05) is 5.69 Å². The number of rotatable bonds is 5. The van der Waals surface area contributed by atoms with Gasteiger partial charge in [0.25, 0.3) is 0 Å². The number of ether oxygens (including phenoxy) is 1. The Balaban J connectivity index is 2.09. The molecule has 1 heterocycles. The minimum Gasteiger partial charge on any atom is -0.495 e. The number of methoxy groups -OCH3 is 1. The third-order valence-corrected chi connectivity index (χ3v) is 4.18. The fraction of sp³-hybridized carbons (Fsp3) is 0.588. The quantitative estimate of drug-likeness (QED) is 0.821. The first-order valence-electron chi connectivity index (χ1n) is 8.01. The molecule has 0 spiro atoms. The van der Waals surface area contributed by atoms with E-state index in [4.69, 9.17) is 10.5 Å². The van der Waals surface area contributed by atoms with Crippen LogP contribution in [0.15, 0.2) is 18.2 Å². The van der Waals surface area contributed by atoms with E-state index >= 15 is 0 Å². The lowest BCUT2D eigenvalue weighted by molar-refractivity contribution is -0.123. The van der Waals surface area contributed by atoms with Crippen LogP contribution in [0.1, 0.15) is 33.1 Å². The van der Waals surface area contributed by atoms with Gasteiger partial charge in [-0.2, -0.15) is 0 Å². The van der Waals surface area contributed by atoms with Crippen LogP contribution in [-0.4, -0.2) is 37.0 Å². The van der Waals surface area contributed by atoms with Crippen LogP contribution in [0, 0.1) is 5.92 Å². The summed E-state index contributed by atoms with van der Waals surface area (Å²) >= 11 is 0. The molecule has 1 amide bonds. The summed E-state index contributed by atoms with van der Waals surface area (Å²) in [6.45, 7) is 6.20. The molecule has 1 aliphatic heterocycles. The highest BCUT2D eigenvalue weighted by Crippen LogP contribution is 2.25. The fourth-order valence-electron chi connectivity index (χ4n) is 3.12. The molecule has 1 unspecified atom stereocenters. The highest BCUT2D eigenvalue weighted by atomic mass is 16.5. The average Bonchev–Trinajstić information content (AvgIpc) is 2.48. The second-order valence-corrected chi connectivity index (χ2v) is 6.23. The summed E-state index contributed by atoms with van der Waals surface area (Å²) in [6.07, 6.45) is 3.61. The van der Waals surface area contributed by atoms with E-state index in [1.54, 1.807) is 19.2 Å². The molecule has 0 bridgehead atoms. The first-order chi connectivity index (χ1) is 10.5. The molecule has 0 saturated carbocycles. The molecule has 1 atom stereocenters. The minimum absolute atomic E-state index is 0.0430. The van der Waals surface area contributed by atoms with Gasteiger partial charge < -0.3 is 15.8 Å². The Morgan fingerprint density at radius 1 is 1.27 bits per heavy atom. The Kier molecular flexibility index (Phi) is 5.66. The summed E-state index contributed by atoms with van der Waals surface area (Å²) in [5.74, 6) is 0.935. The average molecular weight is 305 g/mol. The Bertz CT molecular complexity index is 511. The van der Waals surface area contributed by atoms with Gasteiger partial charge in [0.2, 0.25) is 5.91 Å². The maximum absolute atomic E-state index is 12.7. The molecule has 1 fully saturated rings. The second kappa shape index (κ2) is 7.49. The lowest BCUT2D eigenvalue weighted by atomic mass is 9.98. The van der Waals surface area contributed by atoms with E-state index in [2.05, 4.69) is 24.1 Å². The Hall–Kier alpha value is -1.75. The molecule has 22 heavy (non-hydrogen) atoms. The molecule has 5 heteroatoms. The normalized spacial score (nSPS) is 17.3. The molecule has 1 aliphatic rings. The van der Waals surface area contributed by atoms with E-state index in [1.165, 1.54) is 19.3 Å². The van der Waals surface area contributed by atoms with Gasteiger partial charge >= 0.3 is 0 Å². The van der Waals surface area contributed by atoms with Gasteiger partial charge in [-0.05, 0) is 50.0 Å². The van der Waals surface area contributed by atoms with Crippen molar-refractivity contribution in [1.29, 1.82) is 0 Å². The summed E-state index contributed by atoms with van der Waals surface area (Å²) in [5.41, 5.74) is 7.14. The fourth-order valence-corrected chi connectivity index (χ4v) is 3.12. The van der Waals surface area contributed by atoms with E-state index in [0.717, 1.165) is 13.1 Å². The minimum atomic E-state index is -0.0939. The summed E-state index contributed by atoms with van der Waals surface area (Å²) in [7, 11) is 1.58. The molecule has 1 aromatic rings. The van der Waals surface area contributed by atoms with Crippen LogP contribution < -0.4 is 15.8 Å². The predicted molar refractivity (Wildman–Crippen MR) is 90.1 cm³/mol. The zero-order valence-corrected chi connectivity index (χ0v) is 13.8.